The Morgan fingerprint density at radius 1 is 1.15 bits per heavy atom. The molecule has 0 bridgehead atoms. The molecule has 1 aliphatic rings. The maximum atomic E-state index is 13.3. The third-order valence-electron chi connectivity index (χ3n) is 5.16. The highest BCUT2D eigenvalue weighted by Gasteiger charge is 2.40. The standard InChI is InChI=1S/C24H30N4O4S/c1-24(2,3)27-22(31)19-14-33-15-28(19)23(32)20(29)18(13-16-7-5-4-6-8-16)26-21(30)17-9-11-25-12-10-17/h4-12,18-20,29H,13-15H2,1-3H3,(H,26,30)(H,27,31)/t18-,19?,20-/m0/s1. The summed E-state index contributed by atoms with van der Waals surface area (Å²) in [4.78, 5) is 44.1. The predicted molar refractivity (Wildman–Crippen MR) is 127 cm³/mol. The molecule has 8 nitrogen and oxygen atoms in total. The molecule has 1 fully saturated rings. The third kappa shape index (κ3) is 6.79. The summed E-state index contributed by atoms with van der Waals surface area (Å²) in [5.41, 5.74) is 0.801. The number of aliphatic hydroxyl groups is 1. The minimum Gasteiger partial charge on any atom is -0.381 e. The number of rotatable bonds is 7. The van der Waals surface area contributed by atoms with E-state index in [0.717, 1.165) is 5.56 Å². The second-order valence-electron chi connectivity index (χ2n) is 9.01. The molecule has 3 N–H and O–H groups in total. The Morgan fingerprint density at radius 2 is 1.82 bits per heavy atom. The number of pyridine rings is 1. The summed E-state index contributed by atoms with van der Waals surface area (Å²) in [6.07, 6.45) is 1.75. The van der Waals surface area contributed by atoms with Gasteiger partial charge in [-0.15, -0.1) is 11.8 Å². The van der Waals surface area contributed by atoms with Crippen molar-refractivity contribution >= 4 is 29.5 Å². The van der Waals surface area contributed by atoms with Gasteiger partial charge >= 0.3 is 0 Å². The molecule has 3 rings (SSSR count). The smallest absolute Gasteiger partial charge is 0.254 e. The summed E-state index contributed by atoms with van der Waals surface area (Å²) in [5.74, 6) is -0.497. The van der Waals surface area contributed by atoms with Crippen LogP contribution in [-0.4, -0.2) is 68.1 Å². The quantitative estimate of drug-likeness (QED) is 0.567. The van der Waals surface area contributed by atoms with Gasteiger partial charge in [-0.05, 0) is 44.9 Å². The molecule has 3 atom stereocenters. The van der Waals surface area contributed by atoms with Crippen LogP contribution in [0, 0.1) is 0 Å². The largest absolute Gasteiger partial charge is 0.381 e. The van der Waals surface area contributed by atoms with E-state index in [2.05, 4.69) is 15.6 Å². The highest BCUT2D eigenvalue weighted by molar-refractivity contribution is 7.99. The fraction of sp³-hybridized carbons (Fsp3) is 0.417. The number of nitrogens with one attached hydrogen (secondary N) is 2. The van der Waals surface area contributed by atoms with Crippen LogP contribution in [0.25, 0.3) is 0 Å². The molecule has 0 spiro atoms. The second-order valence-corrected chi connectivity index (χ2v) is 10.0. The zero-order valence-electron chi connectivity index (χ0n) is 19.0. The number of benzene rings is 1. The Kier molecular flexibility index (Phi) is 8.10. The van der Waals surface area contributed by atoms with Gasteiger partial charge in [-0.3, -0.25) is 19.4 Å². The first-order valence-corrected chi connectivity index (χ1v) is 11.9. The molecule has 0 radical (unpaired) electrons. The van der Waals surface area contributed by atoms with Crippen LogP contribution in [0.15, 0.2) is 54.9 Å². The van der Waals surface area contributed by atoms with E-state index in [1.807, 2.05) is 51.1 Å². The van der Waals surface area contributed by atoms with Crippen LogP contribution in [0.5, 0.6) is 0 Å². The molecular weight excluding hydrogens is 440 g/mol. The Balaban J connectivity index is 1.79. The van der Waals surface area contributed by atoms with Gasteiger partial charge in [0.1, 0.15) is 6.04 Å². The molecule has 0 aliphatic carbocycles. The van der Waals surface area contributed by atoms with Crippen LogP contribution < -0.4 is 10.6 Å². The Labute approximate surface area is 198 Å². The first-order valence-electron chi connectivity index (χ1n) is 10.8. The van der Waals surface area contributed by atoms with E-state index in [4.69, 9.17) is 0 Å². The van der Waals surface area contributed by atoms with Gasteiger partial charge in [-0.1, -0.05) is 30.3 Å². The maximum absolute atomic E-state index is 13.3. The van der Waals surface area contributed by atoms with Crippen LogP contribution in [0.2, 0.25) is 0 Å². The predicted octanol–water partition coefficient (Wildman–Crippen LogP) is 1.60. The van der Waals surface area contributed by atoms with Crippen LogP contribution in [0.3, 0.4) is 0 Å². The van der Waals surface area contributed by atoms with E-state index in [0.29, 0.717) is 17.2 Å². The van der Waals surface area contributed by atoms with Crippen LogP contribution in [-0.2, 0) is 16.0 Å². The maximum Gasteiger partial charge on any atom is 0.254 e. The summed E-state index contributed by atoms with van der Waals surface area (Å²) < 4.78 is 0. The molecule has 0 saturated carbocycles. The molecule has 2 aromatic rings. The summed E-state index contributed by atoms with van der Waals surface area (Å²) in [6.45, 7) is 5.62. The normalized spacial score (nSPS) is 17.8. The van der Waals surface area contributed by atoms with Crippen molar-refractivity contribution in [1.82, 2.24) is 20.5 Å². The first kappa shape index (κ1) is 24.7. The average Bonchev–Trinajstić information content (AvgIpc) is 3.28. The van der Waals surface area contributed by atoms with E-state index < -0.39 is 35.5 Å². The van der Waals surface area contributed by atoms with Crippen molar-refractivity contribution in [1.29, 1.82) is 0 Å². The highest BCUT2D eigenvalue weighted by atomic mass is 32.2. The molecular formula is C24H30N4O4S. The van der Waals surface area contributed by atoms with Crippen LogP contribution in [0.4, 0.5) is 0 Å². The number of hydrogen-bond donors (Lipinski definition) is 3. The van der Waals surface area contributed by atoms with Gasteiger partial charge in [0.15, 0.2) is 6.10 Å². The highest BCUT2D eigenvalue weighted by Crippen LogP contribution is 2.24. The third-order valence-corrected chi connectivity index (χ3v) is 6.17. The van der Waals surface area contributed by atoms with E-state index in [1.165, 1.54) is 29.1 Å². The molecule has 1 aromatic heterocycles. The van der Waals surface area contributed by atoms with Crippen molar-refractivity contribution in [2.75, 3.05) is 11.6 Å². The number of aromatic nitrogens is 1. The van der Waals surface area contributed by atoms with Gasteiger partial charge in [0.05, 0.1) is 11.9 Å². The summed E-state index contributed by atoms with van der Waals surface area (Å²) in [6, 6.07) is 10.9. The van der Waals surface area contributed by atoms with E-state index in [1.54, 1.807) is 12.1 Å². The van der Waals surface area contributed by atoms with Crippen molar-refractivity contribution in [2.45, 2.75) is 50.9 Å². The van der Waals surface area contributed by atoms with Gasteiger partial charge in [-0.25, -0.2) is 0 Å². The van der Waals surface area contributed by atoms with E-state index in [9.17, 15) is 19.5 Å². The van der Waals surface area contributed by atoms with Crippen LogP contribution in [0.1, 0.15) is 36.7 Å². The number of thioether (sulfide) groups is 1. The Morgan fingerprint density at radius 3 is 2.45 bits per heavy atom. The van der Waals surface area contributed by atoms with Crippen molar-refractivity contribution in [2.24, 2.45) is 0 Å². The lowest BCUT2D eigenvalue weighted by atomic mass is 9.99. The first-order chi connectivity index (χ1) is 15.7. The van der Waals surface area contributed by atoms with Crippen LogP contribution >= 0.6 is 11.8 Å². The SMILES string of the molecule is CC(C)(C)NC(=O)C1CSCN1C(=O)[C@@H](O)[C@H](Cc1ccccc1)NC(=O)c1ccncc1. The van der Waals surface area contributed by atoms with Gasteiger partial charge in [0, 0.05) is 29.2 Å². The minimum atomic E-state index is -1.51. The summed E-state index contributed by atoms with van der Waals surface area (Å²) >= 11 is 1.46. The number of amides is 3. The van der Waals surface area contributed by atoms with Gasteiger partial charge < -0.3 is 20.6 Å². The van der Waals surface area contributed by atoms with Gasteiger partial charge in [-0.2, -0.15) is 0 Å². The molecule has 1 aliphatic heterocycles. The average molecular weight is 471 g/mol. The fourth-order valence-corrected chi connectivity index (χ4v) is 4.70. The lowest BCUT2D eigenvalue weighted by molar-refractivity contribution is -0.146. The van der Waals surface area contributed by atoms with Crippen molar-refractivity contribution in [3.63, 3.8) is 0 Å². The Bertz CT molecular complexity index is 965. The Hall–Kier alpha value is -2.91. The second kappa shape index (κ2) is 10.8. The minimum absolute atomic E-state index is 0.254. The molecule has 1 unspecified atom stereocenters. The molecule has 1 saturated heterocycles. The summed E-state index contributed by atoms with van der Waals surface area (Å²) in [7, 11) is 0. The van der Waals surface area contributed by atoms with E-state index in [-0.39, 0.29) is 12.3 Å². The monoisotopic (exact) mass is 470 g/mol. The molecule has 9 heteroatoms. The summed E-state index contributed by atoms with van der Waals surface area (Å²) in [5, 5.41) is 16.8. The van der Waals surface area contributed by atoms with Crippen molar-refractivity contribution in [3.05, 3.63) is 66.0 Å². The molecule has 1 aromatic carbocycles. The number of carbonyl (C=O) groups excluding carboxylic acids is 3. The molecule has 176 valence electrons. The molecule has 2 heterocycles. The lowest BCUT2D eigenvalue weighted by Gasteiger charge is -2.31. The molecule has 33 heavy (non-hydrogen) atoms. The number of carbonyl (C=O) groups is 3. The van der Waals surface area contributed by atoms with Crippen molar-refractivity contribution < 1.29 is 19.5 Å². The number of hydrogen-bond acceptors (Lipinski definition) is 6. The van der Waals surface area contributed by atoms with Crippen molar-refractivity contribution in [3.8, 4) is 0 Å². The zero-order chi connectivity index (χ0) is 24.0. The molecule has 3 amide bonds. The fourth-order valence-electron chi connectivity index (χ4n) is 3.54. The lowest BCUT2D eigenvalue weighted by Crippen LogP contribution is -2.57. The topological polar surface area (TPSA) is 112 Å². The van der Waals surface area contributed by atoms with E-state index >= 15 is 0 Å². The number of nitrogens with zero attached hydrogens (tertiary/aromatic N) is 2. The zero-order valence-corrected chi connectivity index (χ0v) is 19.8. The van der Waals surface area contributed by atoms with Gasteiger partial charge in [0.25, 0.3) is 11.8 Å². The van der Waals surface area contributed by atoms with Gasteiger partial charge in [0.2, 0.25) is 5.91 Å². The number of aliphatic hydroxyl groups excluding tert-OH is 1.